The van der Waals surface area contributed by atoms with E-state index in [2.05, 4.69) is 36.0 Å². The molecular weight excluding hydrogens is 284 g/mol. The molecule has 0 spiro atoms. The van der Waals surface area contributed by atoms with Crippen LogP contribution in [0.25, 0.3) is 0 Å². The van der Waals surface area contributed by atoms with Gasteiger partial charge in [0.2, 0.25) is 5.91 Å². The topological polar surface area (TPSA) is 47.9 Å². The van der Waals surface area contributed by atoms with Crippen molar-refractivity contribution in [3.63, 3.8) is 0 Å². The van der Waals surface area contributed by atoms with Crippen LogP contribution in [0.15, 0.2) is 4.99 Å². The fourth-order valence-corrected chi connectivity index (χ4v) is 3.24. The van der Waals surface area contributed by atoms with Crippen molar-refractivity contribution in [3.05, 3.63) is 0 Å². The minimum Gasteiger partial charge on any atom is -0.356 e. The number of unbranched alkanes of at least 4 members (excludes halogenated alkanes) is 1. The first-order chi connectivity index (χ1) is 9.85. The quantitative estimate of drug-likeness (QED) is 0.476. The van der Waals surface area contributed by atoms with Gasteiger partial charge < -0.3 is 15.1 Å². The predicted octanol–water partition coefficient (Wildman–Crippen LogP) is 1.65. The molecule has 1 aliphatic rings. The number of hydrogen-bond acceptors (Lipinski definition) is 3. The van der Waals surface area contributed by atoms with Crippen molar-refractivity contribution in [3.8, 4) is 0 Å². The Hall–Kier alpha value is -0.910. The summed E-state index contributed by atoms with van der Waals surface area (Å²) in [5, 5.41) is 3.42. The fraction of sp³-hybridized carbons (Fsp3) is 0.867. The number of aliphatic imine (C=N–C) groups is 1. The van der Waals surface area contributed by atoms with Crippen LogP contribution in [0.2, 0.25) is 0 Å². The van der Waals surface area contributed by atoms with E-state index < -0.39 is 0 Å². The number of carbonyl (C=O) groups is 1. The third-order valence-electron chi connectivity index (χ3n) is 3.40. The second-order valence-corrected chi connectivity index (χ2v) is 8.04. The first-order valence-electron chi connectivity index (χ1n) is 7.73. The molecule has 5 nitrogen and oxygen atoms in total. The maximum Gasteiger partial charge on any atom is 0.243 e. The molecule has 0 aromatic rings. The summed E-state index contributed by atoms with van der Waals surface area (Å²) in [5.74, 6) is 2.02. The van der Waals surface area contributed by atoms with E-state index in [-0.39, 0.29) is 17.2 Å². The fourth-order valence-electron chi connectivity index (χ4n) is 2.13. The van der Waals surface area contributed by atoms with E-state index in [0.29, 0.717) is 0 Å². The Kier molecular flexibility index (Phi) is 7.35. The molecule has 1 heterocycles. The molecule has 0 radical (unpaired) electrons. The summed E-state index contributed by atoms with van der Waals surface area (Å²) in [5.41, 5.74) is 0. The van der Waals surface area contributed by atoms with Crippen LogP contribution in [0.3, 0.4) is 0 Å². The molecule has 1 saturated heterocycles. The second-order valence-electron chi connectivity index (χ2n) is 6.24. The second kappa shape index (κ2) is 8.51. The van der Waals surface area contributed by atoms with Gasteiger partial charge in [-0.25, -0.2) is 4.99 Å². The van der Waals surface area contributed by atoms with Gasteiger partial charge in [0.15, 0.2) is 5.96 Å². The Bertz CT molecular complexity index is 369. The van der Waals surface area contributed by atoms with Crippen molar-refractivity contribution in [2.24, 2.45) is 4.99 Å². The van der Waals surface area contributed by atoms with Gasteiger partial charge >= 0.3 is 0 Å². The van der Waals surface area contributed by atoms with Crippen LogP contribution < -0.4 is 5.32 Å². The molecule has 0 bridgehead atoms. The third kappa shape index (κ3) is 6.59. The predicted molar refractivity (Wildman–Crippen MR) is 92.0 cm³/mol. The lowest BCUT2D eigenvalue weighted by atomic mass is 10.2. The highest BCUT2D eigenvalue weighted by molar-refractivity contribution is 8.00. The molecule has 0 saturated carbocycles. The highest BCUT2D eigenvalue weighted by Gasteiger charge is 2.28. The van der Waals surface area contributed by atoms with Crippen LogP contribution in [0.5, 0.6) is 0 Å². The van der Waals surface area contributed by atoms with Gasteiger partial charge in [0.1, 0.15) is 6.54 Å². The SMILES string of the molecule is CCCCNC(=NCC(=O)N(C)C)N1CCSC(C)(C)C1. The van der Waals surface area contributed by atoms with Crippen molar-refractivity contribution in [1.29, 1.82) is 0 Å². The number of rotatable bonds is 5. The minimum absolute atomic E-state index is 0.0374. The third-order valence-corrected chi connectivity index (χ3v) is 4.70. The Balaban J connectivity index is 2.71. The molecule has 1 fully saturated rings. The minimum atomic E-state index is 0.0374. The van der Waals surface area contributed by atoms with Crippen LogP contribution in [-0.4, -0.2) is 72.4 Å². The van der Waals surface area contributed by atoms with Crippen molar-refractivity contribution < 1.29 is 4.79 Å². The van der Waals surface area contributed by atoms with Gasteiger partial charge in [0.25, 0.3) is 0 Å². The Morgan fingerprint density at radius 1 is 1.43 bits per heavy atom. The Morgan fingerprint density at radius 2 is 2.14 bits per heavy atom. The summed E-state index contributed by atoms with van der Waals surface area (Å²) in [6, 6.07) is 0. The molecule has 1 aliphatic heterocycles. The van der Waals surface area contributed by atoms with Crippen LogP contribution >= 0.6 is 11.8 Å². The highest BCUT2D eigenvalue weighted by atomic mass is 32.2. The van der Waals surface area contributed by atoms with Gasteiger partial charge in [-0.2, -0.15) is 11.8 Å². The molecule has 0 aromatic heterocycles. The van der Waals surface area contributed by atoms with Crippen molar-refractivity contribution in [2.45, 2.75) is 38.4 Å². The lowest BCUT2D eigenvalue weighted by molar-refractivity contribution is -0.127. The number of nitrogens with one attached hydrogen (secondary N) is 1. The summed E-state index contributed by atoms with van der Waals surface area (Å²) in [7, 11) is 3.53. The lowest BCUT2D eigenvalue weighted by Gasteiger charge is -2.39. The van der Waals surface area contributed by atoms with Crippen molar-refractivity contribution in [1.82, 2.24) is 15.1 Å². The van der Waals surface area contributed by atoms with Crippen LogP contribution in [0, 0.1) is 0 Å². The molecule has 1 amide bonds. The molecule has 0 atom stereocenters. The summed E-state index contributed by atoms with van der Waals surface area (Å²) in [6.07, 6.45) is 2.27. The van der Waals surface area contributed by atoms with Crippen LogP contribution in [0.4, 0.5) is 0 Å². The number of nitrogens with zero attached hydrogens (tertiary/aromatic N) is 3. The average molecular weight is 314 g/mol. The smallest absolute Gasteiger partial charge is 0.243 e. The lowest BCUT2D eigenvalue weighted by Crippen LogP contribution is -2.51. The highest BCUT2D eigenvalue weighted by Crippen LogP contribution is 2.29. The van der Waals surface area contributed by atoms with Crippen molar-refractivity contribution in [2.75, 3.05) is 46.0 Å². The van der Waals surface area contributed by atoms with Gasteiger partial charge in [0, 0.05) is 44.2 Å². The molecule has 21 heavy (non-hydrogen) atoms. The largest absolute Gasteiger partial charge is 0.356 e. The van der Waals surface area contributed by atoms with Gasteiger partial charge in [-0.1, -0.05) is 13.3 Å². The van der Waals surface area contributed by atoms with E-state index in [1.54, 1.807) is 19.0 Å². The summed E-state index contributed by atoms with van der Waals surface area (Å²) in [4.78, 5) is 20.2. The van der Waals surface area contributed by atoms with Gasteiger partial charge in [-0.05, 0) is 20.3 Å². The van der Waals surface area contributed by atoms with Gasteiger partial charge in [0.05, 0.1) is 0 Å². The summed E-state index contributed by atoms with van der Waals surface area (Å²) < 4.78 is 0.233. The number of amides is 1. The van der Waals surface area contributed by atoms with E-state index in [1.807, 2.05) is 11.8 Å². The molecule has 0 unspecified atom stereocenters. The number of guanidine groups is 1. The maximum absolute atomic E-state index is 11.8. The number of thioether (sulfide) groups is 1. The normalized spacial score (nSPS) is 18.5. The van der Waals surface area contributed by atoms with Crippen molar-refractivity contribution >= 4 is 23.6 Å². The zero-order valence-electron chi connectivity index (χ0n) is 14.1. The Labute approximate surface area is 133 Å². The van der Waals surface area contributed by atoms with Gasteiger partial charge in [-0.15, -0.1) is 0 Å². The first kappa shape index (κ1) is 18.1. The molecule has 0 aromatic carbocycles. The monoisotopic (exact) mass is 314 g/mol. The first-order valence-corrected chi connectivity index (χ1v) is 8.71. The molecule has 1 rings (SSSR count). The Morgan fingerprint density at radius 3 is 2.71 bits per heavy atom. The number of likely N-dealkylation sites (N-methyl/N-ethyl adjacent to an activating group) is 1. The molecule has 122 valence electrons. The van der Waals surface area contributed by atoms with E-state index in [9.17, 15) is 4.79 Å². The number of carbonyl (C=O) groups excluding carboxylic acids is 1. The average Bonchev–Trinajstić information content (AvgIpc) is 2.41. The number of hydrogen-bond donors (Lipinski definition) is 1. The molecular formula is C15H30N4OS. The molecule has 1 N–H and O–H groups in total. The maximum atomic E-state index is 11.8. The summed E-state index contributed by atoms with van der Waals surface area (Å²) >= 11 is 2.00. The zero-order valence-corrected chi connectivity index (χ0v) is 14.9. The zero-order chi connectivity index (χ0) is 15.9. The standard InChI is InChI=1S/C15H30N4OS/c1-6-7-8-16-14(17-11-13(20)18(4)5)19-9-10-21-15(2,3)12-19/h6-12H2,1-5H3,(H,16,17). The van der Waals surface area contributed by atoms with Gasteiger partial charge in [-0.3, -0.25) is 4.79 Å². The molecule has 0 aliphatic carbocycles. The van der Waals surface area contributed by atoms with E-state index in [4.69, 9.17) is 0 Å². The van der Waals surface area contributed by atoms with Crippen LogP contribution in [0.1, 0.15) is 33.6 Å². The van der Waals surface area contributed by atoms with E-state index >= 15 is 0 Å². The summed E-state index contributed by atoms with van der Waals surface area (Å²) in [6.45, 7) is 9.78. The van der Waals surface area contributed by atoms with Crippen LogP contribution in [-0.2, 0) is 4.79 Å². The molecule has 6 heteroatoms. The van der Waals surface area contributed by atoms with E-state index in [0.717, 1.165) is 44.2 Å². The van der Waals surface area contributed by atoms with E-state index in [1.165, 1.54) is 0 Å².